The first-order valence-corrected chi connectivity index (χ1v) is 6.71. The Morgan fingerprint density at radius 2 is 1.40 bits per heavy atom. The van der Waals surface area contributed by atoms with Gasteiger partial charge < -0.3 is 10.8 Å². The maximum Gasteiger partial charge on any atom is 0.0543 e. The highest BCUT2D eigenvalue weighted by molar-refractivity contribution is 4.67. The lowest BCUT2D eigenvalue weighted by Gasteiger charge is -2.19. The van der Waals surface area contributed by atoms with Crippen molar-refractivity contribution in [2.24, 2.45) is 11.7 Å². The van der Waals surface area contributed by atoms with Crippen molar-refractivity contribution in [2.45, 2.75) is 70.3 Å². The summed E-state index contributed by atoms with van der Waals surface area (Å²) in [6.45, 7) is 0.747. The Morgan fingerprint density at radius 3 is 2.00 bits per heavy atom. The van der Waals surface area contributed by atoms with Crippen molar-refractivity contribution in [3.8, 4) is 0 Å². The molecule has 0 spiro atoms. The van der Waals surface area contributed by atoms with Crippen LogP contribution in [0.3, 0.4) is 0 Å². The zero-order chi connectivity index (χ0) is 10.9. The first-order valence-electron chi connectivity index (χ1n) is 6.71. The number of aliphatic hydroxyl groups is 1. The average Bonchev–Trinajstić information content (AvgIpc) is 2.22. The van der Waals surface area contributed by atoms with E-state index in [2.05, 4.69) is 0 Å². The molecule has 1 fully saturated rings. The zero-order valence-electron chi connectivity index (χ0n) is 9.96. The van der Waals surface area contributed by atoms with Crippen LogP contribution in [0.25, 0.3) is 0 Å². The summed E-state index contributed by atoms with van der Waals surface area (Å²) in [7, 11) is 0. The number of hydrogen-bond acceptors (Lipinski definition) is 2. The van der Waals surface area contributed by atoms with Crippen LogP contribution in [-0.4, -0.2) is 17.8 Å². The minimum Gasteiger partial charge on any atom is -0.393 e. The maximum absolute atomic E-state index is 9.84. The molecule has 1 aliphatic carbocycles. The summed E-state index contributed by atoms with van der Waals surface area (Å²) in [5.74, 6) is 0.555. The molecule has 1 aliphatic rings. The fraction of sp³-hybridized carbons (Fsp3) is 1.00. The van der Waals surface area contributed by atoms with Crippen LogP contribution in [0.4, 0.5) is 0 Å². The third-order valence-electron chi connectivity index (χ3n) is 3.59. The van der Waals surface area contributed by atoms with Crippen molar-refractivity contribution in [1.82, 2.24) is 0 Å². The van der Waals surface area contributed by atoms with Crippen molar-refractivity contribution < 1.29 is 5.11 Å². The van der Waals surface area contributed by atoms with Gasteiger partial charge in [0.2, 0.25) is 0 Å². The van der Waals surface area contributed by atoms with Gasteiger partial charge in [-0.05, 0) is 31.7 Å². The first-order chi connectivity index (χ1) is 7.33. The molecular formula is C13H27NO. The standard InChI is InChI=1S/C13H27NO/c14-11-12-8-6-4-2-1-3-5-7-9-13(15)10-12/h12-13,15H,1-11,14H2. The Labute approximate surface area is 94.2 Å². The second kappa shape index (κ2) is 8.12. The summed E-state index contributed by atoms with van der Waals surface area (Å²) in [6.07, 6.45) is 12.3. The van der Waals surface area contributed by atoms with Gasteiger partial charge in [-0.25, -0.2) is 0 Å². The van der Waals surface area contributed by atoms with Crippen LogP contribution in [-0.2, 0) is 0 Å². The maximum atomic E-state index is 9.84. The van der Waals surface area contributed by atoms with Gasteiger partial charge in [-0.1, -0.05) is 44.9 Å². The van der Waals surface area contributed by atoms with E-state index >= 15 is 0 Å². The van der Waals surface area contributed by atoms with Crippen LogP contribution in [0, 0.1) is 5.92 Å². The van der Waals surface area contributed by atoms with Gasteiger partial charge in [-0.2, -0.15) is 0 Å². The Kier molecular flexibility index (Phi) is 7.03. The Morgan fingerprint density at radius 1 is 0.867 bits per heavy atom. The fourth-order valence-corrected chi connectivity index (χ4v) is 2.53. The summed E-state index contributed by atoms with van der Waals surface area (Å²) in [5.41, 5.74) is 5.73. The molecule has 0 saturated heterocycles. The minimum atomic E-state index is -0.0991. The summed E-state index contributed by atoms with van der Waals surface area (Å²) in [6, 6.07) is 0. The molecule has 90 valence electrons. The molecule has 2 unspecified atom stereocenters. The molecule has 0 amide bonds. The van der Waals surface area contributed by atoms with Gasteiger partial charge in [0.1, 0.15) is 0 Å². The van der Waals surface area contributed by atoms with E-state index in [1.165, 1.54) is 51.4 Å². The quantitative estimate of drug-likeness (QED) is 0.703. The van der Waals surface area contributed by atoms with E-state index in [9.17, 15) is 5.11 Å². The molecule has 0 heterocycles. The smallest absolute Gasteiger partial charge is 0.0543 e. The third kappa shape index (κ3) is 6.16. The van der Waals surface area contributed by atoms with Gasteiger partial charge in [-0.15, -0.1) is 0 Å². The topological polar surface area (TPSA) is 46.2 Å². The van der Waals surface area contributed by atoms with E-state index in [-0.39, 0.29) is 6.10 Å². The van der Waals surface area contributed by atoms with Crippen LogP contribution in [0.15, 0.2) is 0 Å². The van der Waals surface area contributed by atoms with Crippen LogP contribution in [0.1, 0.15) is 64.2 Å². The predicted octanol–water partition coefficient (Wildman–Crippen LogP) is 2.84. The number of aliphatic hydroxyl groups excluding tert-OH is 1. The van der Waals surface area contributed by atoms with Crippen molar-refractivity contribution in [1.29, 1.82) is 0 Å². The highest BCUT2D eigenvalue weighted by atomic mass is 16.3. The van der Waals surface area contributed by atoms with Crippen LogP contribution in [0.5, 0.6) is 0 Å². The highest BCUT2D eigenvalue weighted by Gasteiger charge is 2.13. The first kappa shape index (κ1) is 13.0. The van der Waals surface area contributed by atoms with Gasteiger partial charge in [0.05, 0.1) is 6.10 Å². The molecule has 0 aliphatic heterocycles. The molecule has 2 atom stereocenters. The van der Waals surface area contributed by atoms with E-state index in [0.717, 1.165) is 19.4 Å². The summed E-state index contributed by atoms with van der Waals surface area (Å²) in [5, 5.41) is 9.84. The molecule has 0 bridgehead atoms. The summed E-state index contributed by atoms with van der Waals surface area (Å²) >= 11 is 0. The van der Waals surface area contributed by atoms with Crippen LogP contribution < -0.4 is 5.73 Å². The van der Waals surface area contributed by atoms with Crippen molar-refractivity contribution in [2.75, 3.05) is 6.54 Å². The zero-order valence-corrected chi connectivity index (χ0v) is 9.96. The van der Waals surface area contributed by atoms with Crippen molar-refractivity contribution >= 4 is 0 Å². The normalized spacial score (nSPS) is 31.6. The monoisotopic (exact) mass is 213 g/mol. The lowest BCUT2D eigenvalue weighted by Crippen LogP contribution is -2.21. The summed E-state index contributed by atoms with van der Waals surface area (Å²) in [4.78, 5) is 0. The van der Waals surface area contributed by atoms with E-state index in [1.807, 2.05) is 0 Å². The molecule has 0 aromatic heterocycles. The Bertz CT molecular complexity index is 149. The molecule has 3 N–H and O–H groups in total. The minimum absolute atomic E-state index is 0.0991. The molecule has 0 aromatic rings. The van der Waals surface area contributed by atoms with Crippen molar-refractivity contribution in [3.05, 3.63) is 0 Å². The number of hydrogen-bond donors (Lipinski definition) is 2. The summed E-state index contributed by atoms with van der Waals surface area (Å²) < 4.78 is 0. The molecule has 2 nitrogen and oxygen atoms in total. The van der Waals surface area contributed by atoms with E-state index < -0.39 is 0 Å². The Balaban J connectivity index is 2.29. The van der Waals surface area contributed by atoms with Gasteiger partial charge in [-0.3, -0.25) is 0 Å². The van der Waals surface area contributed by atoms with E-state index in [0.29, 0.717) is 5.92 Å². The third-order valence-corrected chi connectivity index (χ3v) is 3.59. The lowest BCUT2D eigenvalue weighted by molar-refractivity contribution is 0.127. The van der Waals surface area contributed by atoms with Crippen LogP contribution >= 0.6 is 0 Å². The molecule has 1 rings (SSSR count). The van der Waals surface area contributed by atoms with Gasteiger partial charge in [0, 0.05) is 0 Å². The molecule has 2 heteroatoms. The fourth-order valence-electron chi connectivity index (χ4n) is 2.53. The second-order valence-corrected chi connectivity index (χ2v) is 5.04. The Hall–Kier alpha value is -0.0800. The second-order valence-electron chi connectivity index (χ2n) is 5.04. The highest BCUT2D eigenvalue weighted by Crippen LogP contribution is 2.20. The van der Waals surface area contributed by atoms with Crippen molar-refractivity contribution in [3.63, 3.8) is 0 Å². The molecule has 15 heavy (non-hydrogen) atoms. The lowest BCUT2D eigenvalue weighted by atomic mass is 9.91. The van der Waals surface area contributed by atoms with E-state index in [4.69, 9.17) is 5.73 Å². The number of rotatable bonds is 1. The predicted molar refractivity (Wildman–Crippen MR) is 64.7 cm³/mol. The number of nitrogens with two attached hydrogens (primary N) is 1. The molecule has 0 radical (unpaired) electrons. The van der Waals surface area contributed by atoms with Gasteiger partial charge >= 0.3 is 0 Å². The molecular weight excluding hydrogens is 186 g/mol. The van der Waals surface area contributed by atoms with Gasteiger partial charge in [0.15, 0.2) is 0 Å². The average molecular weight is 213 g/mol. The van der Waals surface area contributed by atoms with Gasteiger partial charge in [0.25, 0.3) is 0 Å². The molecule has 0 aromatic carbocycles. The molecule has 1 saturated carbocycles. The van der Waals surface area contributed by atoms with E-state index in [1.54, 1.807) is 0 Å². The largest absolute Gasteiger partial charge is 0.393 e. The van der Waals surface area contributed by atoms with Crippen LogP contribution in [0.2, 0.25) is 0 Å². The SMILES string of the molecule is NCC1CCCCCCCCCC(O)C1.